The van der Waals surface area contributed by atoms with Crippen LogP contribution in [0.15, 0.2) is 43.0 Å². The quantitative estimate of drug-likeness (QED) is 0.867. The lowest BCUT2D eigenvalue weighted by molar-refractivity contribution is -0.142. The van der Waals surface area contributed by atoms with Gasteiger partial charge in [0.15, 0.2) is 0 Å². The van der Waals surface area contributed by atoms with Crippen LogP contribution < -0.4 is 0 Å². The summed E-state index contributed by atoms with van der Waals surface area (Å²) >= 11 is 0. The maximum Gasteiger partial charge on any atom is 0.233 e. The first-order valence-corrected chi connectivity index (χ1v) is 9.03. The minimum atomic E-state index is -0.275. The SMILES string of the molecule is Cc1cccc(C2(C(=O)N3CCC[C@@H](n4ccnc4)C3)CCC2)c1. The predicted molar refractivity (Wildman–Crippen MR) is 93.8 cm³/mol. The van der Waals surface area contributed by atoms with E-state index >= 15 is 0 Å². The summed E-state index contributed by atoms with van der Waals surface area (Å²) in [6, 6.07) is 8.90. The number of benzene rings is 1. The molecule has 1 aliphatic heterocycles. The highest BCUT2D eigenvalue weighted by Crippen LogP contribution is 2.46. The molecule has 2 aromatic rings. The standard InChI is InChI=1S/C20H25N3O/c1-16-5-2-6-17(13-16)20(8-4-9-20)19(24)22-11-3-7-18(14-22)23-12-10-21-15-23/h2,5-6,10,12-13,15,18H,3-4,7-9,11,14H2,1H3/t18-/m1/s1. The van der Waals surface area contributed by atoms with Gasteiger partial charge in [0.2, 0.25) is 5.91 Å². The van der Waals surface area contributed by atoms with E-state index in [9.17, 15) is 4.79 Å². The highest BCUT2D eigenvalue weighted by Gasteiger charge is 2.48. The summed E-state index contributed by atoms with van der Waals surface area (Å²) in [7, 11) is 0. The van der Waals surface area contributed by atoms with Crippen LogP contribution in [0.25, 0.3) is 0 Å². The molecule has 24 heavy (non-hydrogen) atoms. The van der Waals surface area contributed by atoms with Gasteiger partial charge < -0.3 is 9.47 Å². The van der Waals surface area contributed by atoms with Gasteiger partial charge in [-0.15, -0.1) is 0 Å². The summed E-state index contributed by atoms with van der Waals surface area (Å²) in [4.78, 5) is 19.7. The van der Waals surface area contributed by atoms with Crippen molar-refractivity contribution in [3.8, 4) is 0 Å². The van der Waals surface area contributed by atoms with E-state index in [1.54, 1.807) is 0 Å². The minimum Gasteiger partial charge on any atom is -0.340 e. The summed E-state index contributed by atoms with van der Waals surface area (Å²) < 4.78 is 2.15. The normalized spacial score (nSPS) is 22.9. The molecule has 0 spiro atoms. The van der Waals surface area contributed by atoms with Crippen LogP contribution >= 0.6 is 0 Å². The Morgan fingerprint density at radius 3 is 2.83 bits per heavy atom. The van der Waals surface area contributed by atoms with Gasteiger partial charge in [0.1, 0.15) is 0 Å². The summed E-state index contributed by atoms with van der Waals surface area (Å²) in [6.07, 6.45) is 11.0. The number of carbonyl (C=O) groups excluding carboxylic acids is 1. The van der Waals surface area contributed by atoms with Gasteiger partial charge in [-0.3, -0.25) is 4.79 Å². The molecule has 1 saturated heterocycles. The topological polar surface area (TPSA) is 38.1 Å². The molecule has 0 unspecified atom stereocenters. The van der Waals surface area contributed by atoms with E-state index < -0.39 is 0 Å². The van der Waals surface area contributed by atoms with Crippen LogP contribution in [0.2, 0.25) is 0 Å². The van der Waals surface area contributed by atoms with Gasteiger partial charge in [-0.25, -0.2) is 4.98 Å². The van der Waals surface area contributed by atoms with Gasteiger partial charge in [-0.1, -0.05) is 36.2 Å². The Morgan fingerprint density at radius 1 is 1.29 bits per heavy atom. The molecule has 2 fully saturated rings. The molecule has 0 radical (unpaired) electrons. The summed E-state index contributed by atoms with van der Waals surface area (Å²) in [5.41, 5.74) is 2.17. The van der Waals surface area contributed by atoms with Gasteiger partial charge in [-0.05, 0) is 38.2 Å². The molecule has 1 aromatic carbocycles. The van der Waals surface area contributed by atoms with Gasteiger partial charge in [-0.2, -0.15) is 0 Å². The molecule has 1 saturated carbocycles. The third-order valence-electron chi connectivity index (χ3n) is 5.82. The highest BCUT2D eigenvalue weighted by atomic mass is 16.2. The second kappa shape index (κ2) is 6.08. The second-order valence-electron chi connectivity index (χ2n) is 7.36. The van der Waals surface area contributed by atoms with Crippen molar-refractivity contribution in [3.63, 3.8) is 0 Å². The average Bonchev–Trinajstić information content (AvgIpc) is 3.08. The van der Waals surface area contributed by atoms with E-state index in [0.717, 1.165) is 45.2 Å². The Labute approximate surface area is 143 Å². The van der Waals surface area contributed by atoms with Crippen molar-refractivity contribution < 1.29 is 4.79 Å². The van der Waals surface area contributed by atoms with Crippen molar-refractivity contribution in [2.75, 3.05) is 13.1 Å². The molecule has 0 bridgehead atoms. The maximum absolute atomic E-state index is 13.4. The monoisotopic (exact) mass is 323 g/mol. The van der Waals surface area contributed by atoms with Crippen molar-refractivity contribution in [1.82, 2.24) is 14.5 Å². The van der Waals surface area contributed by atoms with E-state index in [-0.39, 0.29) is 5.41 Å². The fraction of sp³-hybridized carbons (Fsp3) is 0.500. The van der Waals surface area contributed by atoms with E-state index in [1.807, 2.05) is 18.7 Å². The fourth-order valence-corrected chi connectivity index (χ4v) is 4.27. The largest absolute Gasteiger partial charge is 0.340 e. The zero-order valence-electron chi connectivity index (χ0n) is 14.3. The number of aryl methyl sites for hydroxylation is 1. The van der Waals surface area contributed by atoms with Gasteiger partial charge in [0.25, 0.3) is 0 Å². The van der Waals surface area contributed by atoms with Crippen molar-refractivity contribution in [3.05, 3.63) is 54.1 Å². The van der Waals surface area contributed by atoms with Crippen molar-refractivity contribution in [2.45, 2.75) is 50.5 Å². The number of likely N-dealkylation sites (tertiary alicyclic amines) is 1. The minimum absolute atomic E-state index is 0.275. The van der Waals surface area contributed by atoms with E-state index in [0.29, 0.717) is 11.9 Å². The van der Waals surface area contributed by atoms with Gasteiger partial charge in [0.05, 0.1) is 17.8 Å². The number of carbonyl (C=O) groups is 1. The zero-order chi connectivity index (χ0) is 16.6. The third-order valence-corrected chi connectivity index (χ3v) is 5.82. The molecule has 2 heterocycles. The van der Waals surface area contributed by atoms with Crippen LogP contribution in [-0.4, -0.2) is 33.4 Å². The van der Waals surface area contributed by atoms with Gasteiger partial charge in [0, 0.05) is 25.5 Å². The van der Waals surface area contributed by atoms with Crippen LogP contribution in [0.5, 0.6) is 0 Å². The number of amides is 1. The molecule has 126 valence electrons. The summed E-state index contributed by atoms with van der Waals surface area (Å²) in [6.45, 7) is 3.80. The van der Waals surface area contributed by atoms with Crippen molar-refractivity contribution in [2.24, 2.45) is 0 Å². The average molecular weight is 323 g/mol. The van der Waals surface area contributed by atoms with Crippen LogP contribution in [0.3, 0.4) is 0 Å². The Hall–Kier alpha value is -2.10. The summed E-state index contributed by atoms with van der Waals surface area (Å²) in [5, 5.41) is 0. The first-order chi connectivity index (χ1) is 11.7. The van der Waals surface area contributed by atoms with Crippen LogP contribution in [0.1, 0.15) is 49.3 Å². The van der Waals surface area contributed by atoms with Crippen LogP contribution in [0, 0.1) is 6.92 Å². The molecule has 1 aromatic heterocycles. The number of imidazole rings is 1. The Balaban J connectivity index is 1.57. The van der Waals surface area contributed by atoms with E-state index in [2.05, 4.69) is 45.6 Å². The Kier molecular flexibility index (Phi) is 3.91. The molecular formula is C20H25N3O. The first-order valence-electron chi connectivity index (χ1n) is 9.03. The molecular weight excluding hydrogens is 298 g/mol. The first kappa shape index (κ1) is 15.4. The molecule has 2 aliphatic rings. The second-order valence-corrected chi connectivity index (χ2v) is 7.36. The Morgan fingerprint density at radius 2 is 2.17 bits per heavy atom. The number of piperidine rings is 1. The lowest BCUT2D eigenvalue weighted by Gasteiger charge is -2.46. The summed E-state index contributed by atoms with van der Waals surface area (Å²) in [5.74, 6) is 0.337. The van der Waals surface area contributed by atoms with E-state index in [1.165, 1.54) is 11.1 Å². The van der Waals surface area contributed by atoms with Gasteiger partial charge >= 0.3 is 0 Å². The molecule has 1 aliphatic carbocycles. The molecule has 4 heteroatoms. The number of aromatic nitrogens is 2. The smallest absolute Gasteiger partial charge is 0.233 e. The number of hydrogen-bond donors (Lipinski definition) is 0. The lowest BCUT2D eigenvalue weighted by Crippen LogP contribution is -2.53. The lowest BCUT2D eigenvalue weighted by atomic mass is 9.63. The fourth-order valence-electron chi connectivity index (χ4n) is 4.27. The molecule has 1 amide bonds. The van der Waals surface area contributed by atoms with Crippen LogP contribution in [0.4, 0.5) is 0 Å². The van der Waals surface area contributed by atoms with E-state index in [4.69, 9.17) is 0 Å². The molecule has 1 atom stereocenters. The number of rotatable bonds is 3. The maximum atomic E-state index is 13.4. The highest BCUT2D eigenvalue weighted by molar-refractivity contribution is 5.89. The van der Waals surface area contributed by atoms with Crippen molar-refractivity contribution >= 4 is 5.91 Å². The molecule has 4 rings (SSSR count). The molecule has 4 nitrogen and oxygen atoms in total. The Bertz CT molecular complexity index is 718. The third kappa shape index (κ3) is 2.54. The van der Waals surface area contributed by atoms with Crippen molar-refractivity contribution in [1.29, 1.82) is 0 Å². The zero-order valence-corrected chi connectivity index (χ0v) is 14.3. The number of nitrogens with zero attached hydrogens (tertiary/aromatic N) is 3. The predicted octanol–water partition coefficient (Wildman–Crippen LogP) is 3.48. The van der Waals surface area contributed by atoms with Crippen LogP contribution in [-0.2, 0) is 10.2 Å². The molecule has 0 N–H and O–H groups in total. The number of hydrogen-bond acceptors (Lipinski definition) is 2.